The lowest BCUT2D eigenvalue weighted by Gasteiger charge is -2.26. The topological polar surface area (TPSA) is 26.3 Å². The fourth-order valence-electron chi connectivity index (χ4n) is 2.92. The van der Waals surface area contributed by atoms with E-state index in [0.29, 0.717) is 6.47 Å². The summed E-state index contributed by atoms with van der Waals surface area (Å²) in [5, 5.41) is 0. The van der Waals surface area contributed by atoms with Crippen LogP contribution in [0.2, 0.25) is 0 Å². The van der Waals surface area contributed by atoms with E-state index >= 15 is 0 Å². The summed E-state index contributed by atoms with van der Waals surface area (Å²) in [5.41, 5.74) is 4.87. The third-order valence-electron chi connectivity index (χ3n) is 4.22. The van der Waals surface area contributed by atoms with Gasteiger partial charge in [0.25, 0.3) is 6.47 Å². The highest BCUT2D eigenvalue weighted by molar-refractivity contribution is 5.73. The summed E-state index contributed by atoms with van der Waals surface area (Å²) in [7, 11) is 0. The maximum Gasteiger partial charge on any atom is 0.293 e. The second kappa shape index (κ2) is 6.71. The lowest BCUT2D eigenvalue weighted by Crippen LogP contribution is -2.21. The van der Waals surface area contributed by atoms with Crippen molar-refractivity contribution in [3.8, 4) is 22.3 Å². The van der Waals surface area contributed by atoms with Crippen LogP contribution in [0.1, 0.15) is 19.4 Å². The summed E-state index contributed by atoms with van der Waals surface area (Å²) < 4.78 is 5.29. The highest BCUT2D eigenvalue weighted by atomic mass is 16.5. The van der Waals surface area contributed by atoms with Crippen LogP contribution in [-0.4, -0.2) is 6.47 Å². The standard InChI is InChI=1S/C22H20O2/c1-22(2,24-16-23)21-11-7-6-10-20(21)19-14-12-18(13-15-19)17-8-4-3-5-9-17/h3-16H,1-2H3. The number of ether oxygens (including phenoxy) is 1. The fraction of sp³-hybridized carbons (Fsp3) is 0.136. The maximum atomic E-state index is 10.8. The van der Waals surface area contributed by atoms with Crippen LogP contribution in [0.15, 0.2) is 78.9 Å². The van der Waals surface area contributed by atoms with Crippen LogP contribution in [0, 0.1) is 0 Å². The molecule has 0 amide bonds. The van der Waals surface area contributed by atoms with E-state index in [-0.39, 0.29) is 0 Å². The lowest BCUT2D eigenvalue weighted by molar-refractivity contribution is -0.141. The smallest absolute Gasteiger partial charge is 0.293 e. The van der Waals surface area contributed by atoms with Crippen molar-refractivity contribution in [3.63, 3.8) is 0 Å². The fourth-order valence-corrected chi connectivity index (χ4v) is 2.92. The predicted molar refractivity (Wildman–Crippen MR) is 97.5 cm³/mol. The van der Waals surface area contributed by atoms with Crippen LogP contribution >= 0.6 is 0 Å². The SMILES string of the molecule is CC(C)(OC=O)c1ccccc1-c1ccc(-c2ccccc2)cc1. The predicted octanol–water partition coefficient (Wildman–Crippen LogP) is 5.43. The minimum Gasteiger partial charge on any atom is -0.457 e. The number of hydrogen-bond donors (Lipinski definition) is 0. The van der Waals surface area contributed by atoms with Crippen molar-refractivity contribution in [2.45, 2.75) is 19.4 Å². The zero-order chi connectivity index (χ0) is 17.0. The highest BCUT2D eigenvalue weighted by Crippen LogP contribution is 2.34. The number of rotatable bonds is 5. The van der Waals surface area contributed by atoms with Crippen molar-refractivity contribution < 1.29 is 9.53 Å². The van der Waals surface area contributed by atoms with Gasteiger partial charge in [0, 0.05) is 5.56 Å². The average Bonchev–Trinajstić information content (AvgIpc) is 2.63. The van der Waals surface area contributed by atoms with E-state index in [1.807, 2.05) is 50.2 Å². The van der Waals surface area contributed by atoms with E-state index in [9.17, 15) is 4.79 Å². The van der Waals surface area contributed by atoms with E-state index in [2.05, 4.69) is 42.5 Å². The Labute approximate surface area is 142 Å². The van der Waals surface area contributed by atoms with Crippen molar-refractivity contribution in [2.24, 2.45) is 0 Å². The van der Waals surface area contributed by atoms with Crippen LogP contribution in [0.3, 0.4) is 0 Å². The molecule has 2 nitrogen and oxygen atoms in total. The van der Waals surface area contributed by atoms with E-state index in [0.717, 1.165) is 16.7 Å². The molecular weight excluding hydrogens is 296 g/mol. The van der Waals surface area contributed by atoms with Gasteiger partial charge in [0.05, 0.1) is 0 Å². The van der Waals surface area contributed by atoms with Gasteiger partial charge in [-0.05, 0) is 36.1 Å². The molecule has 0 saturated heterocycles. The number of hydrogen-bond acceptors (Lipinski definition) is 2. The van der Waals surface area contributed by atoms with Gasteiger partial charge in [-0.15, -0.1) is 0 Å². The molecule has 0 atom stereocenters. The van der Waals surface area contributed by atoms with Crippen molar-refractivity contribution in [2.75, 3.05) is 0 Å². The van der Waals surface area contributed by atoms with Gasteiger partial charge in [-0.2, -0.15) is 0 Å². The van der Waals surface area contributed by atoms with Gasteiger partial charge in [0.1, 0.15) is 5.60 Å². The molecule has 2 heteroatoms. The maximum absolute atomic E-state index is 10.8. The monoisotopic (exact) mass is 316 g/mol. The van der Waals surface area contributed by atoms with E-state index < -0.39 is 5.60 Å². The molecule has 3 aromatic carbocycles. The molecule has 0 fully saturated rings. The Balaban J connectivity index is 2.00. The normalized spacial score (nSPS) is 11.1. The summed E-state index contributed by atoms with van der Waals surface area (Å²) in [6, 6.07) is 26.8. The third kappa shape index (κ3) is 3.23. The molecule has 0 radical (unpaired) electrons. The molecule has 0 saturated carbocycles. The zero-order valence-corrected chi connectivity index (χ0v) is 13.9. The third-order valence-corrected chi connectivity index (χ3v) is 4.22. The van der Waals surface area contributed by atoms with Gasteiger partial charge in [0.15, 0.2) is 0 Å². The summed E-state index contributed by atoms with van der Waals surface area (Å²) in [6.07, 6.45) is 0. The summed E-state index contributed by atoms with van der Waals surface area (Å²) in [4.78, 5) is 10.8. The summed E-state index contributed by atoms with van der Waals surface area (Å²) in [5.74, 6) is 0. The summed E-state index contributed by atoms with van der Waals surface area (Å²) >= 11 is 0. The largest absolute Gasteiger partial charge is 0.457 e. The molecule has 0 bridgehead atoms. The first kappa shape index (κ1) is 16.0. The van der Waals surface area contributed by atoms with Crippen molar-refractivity contribution in [1.82, 2.24) is 0 Å². The molecule has 0 N–H and O–H groups in total. The van der Waals surface area contributed by atoms with Crippen LogP contribution < -0.4 is 0 Å². The molecule has 0 aliphatic heterocycles. The van der Waals surface area contributed by atoms with E-state index in [1.54, 1.807) is 0 Å². The van der Waals surface area contributed by atoms with Gasteiger partial charge in [0.2, 0.25) is 0 Å². The Hall–Kier alpha value is -2.87. The number of carbonyl (C=O) groups excluding carboxylic acids is 1. The second-order valence-corrected chi connectivity index (χ2v) is 6.21. The Morgan fingerprint density at radius 2 is 1.25 bits per heavy atom. The van der Waals surface area contributed by atoms with Gasteiger partial charge in [-0.25, -0.2) is 0 Å². The molecule has 0 aliphatic rings. The summed E-state index contributed by atoms with van der Waals surface area (Å²) in [6.45, 7) is 4.31. The Bertz CT molecular complexity index is 818. The van der Waals surface area contributed by atoms with E-state index in [1.165, 1.54) is 11.1 Å². The van der Waals surface area contributed by atoms with E-state index in [4.69, 9.17) is 4.74 Å². The van der Waals surface area contributed by atoms with Gasteiger partial charge in [-0.1, -0.05) is 78.9 Å². The molecule has 3 rings (SSSR count). The number of benzene rings is 3. The van der Waals surface area contributed by atoms with Gasteiger partial charge in [-0.3, -0.25) is 4.79 Å². The molecule has 0 aromatic heterocycles. The lowest BCUT2D eigenvalue weighted by atomic mass is 9.89. The molecule has 0 heterocycles. The van der Waals surface area contributed by atoms with Crippen LogP contribution in [0.25, 0.3) is 22.3 Å². The minimum absolute atomic E-state index is 0.509. The molecule has 24 heavy (non-hydrogen) atoms. The molecule has 0 unspecified atom stereocenters. The van der Waals surface area contributed by atoms with Crippen LogP contribution in [-0.2, 0) is 15.1 Å². The Kier molecular flexibility index (Phi) is 4.48. The average molecular weight is 316 g/mol. The minimum atomic E-state index is -0.670. The first-order valence-electron chi connectivity index (χ1n) is 7.98. The molecule has 0 spiro atoms. The van der Waals surface area contributed by atoms with Crippen LogP contribution in [0.4, 0.5) is 0 Å². The molecule has 0 aliphatic carbocycles. The quantitative estimate of drug-likeness (QED) is 0.587. The Morgan fingerprint density at radius 3 is 1.92 bits per heavy atom. The number of carbonyl (C=O) groups is 1. The second-order valence-electron chi connectivity index (χ2n) is 6.21. The molecule has 120 valence electrons. The van der Waals surface area contributed by atoms with Crippen LogP contribution in [0.5, 0.6) is 0 Å². The van der Waals surface area contributed by atoms with Crippen molar-refractivity contribution in [1.29, 1.82) is 0 Å². The molecule has 3 aromatic rings. The van der Waals surface area contributed by atoms with Gasteiger partial charge >= 0.3 is 0 Å². The zero-order valence-electron chi connectivity index (χ0n) is 13.9. The Morgan fingerprint density at radius 1 is 0.708 bits per heavy atom. The van der Waals surface area contributed by atoms with Gasteiger partial charge < -0.3 is 4.74 Å². The molecular formula is C22H20O2. The van der Waals surface area contributed by atoms with Crippen molar-refractivity contribution >= 4 is 6.47 Å². The first-order valence-corrected chi connectivity index (χ1v) is 7.98. The van der Waals surface area contributed by atoms with Crippen molar-refractivity contribution in [3.05, 3.63) is 84.4 Å². The first-order chi connectivity index (χ1) is 11.6. The highest BCUT2D eigenvalue weighted by Gasteiger charge is 2.25.